The first-order valence-electron chi connectivity index (χ1n) is 11.9. The van der Waals surface area contributed by atoms with E-state index in [1.807, 2.05) is 30.7 Å². The van der Waals surface area contributed by atoms with Gasteiger partial charge in [0.1, 0.15) is 5.82 Å². The Bertz CT molecular complexity index is 1070. The highest BCUT2D eigenvalue weighted by molar-refractivity contribution is 5.36. The molecule has 0 bridgehead atoms. The van der Waals surface area contributed by atoms with E-state index in [4.69, 9.17) is 4.98 Å². The minimum Gasteiger partial charge on any atom is -0.341 e. The molecule has 0 N–H and O–H groups in total. The molecule has 5 heterocycles. The number of piperidine rings is 1. The Morgan fingerprint density at radius 2 is 1.78 bits per heavy atom. The van der Waals surface area contributed by atoms with E-state index in [1.54, 1.807) is 0 Å². The molecular formula is C25H31N7. The van der Waals surface area contributed by atoms with Crippen LogP contribution in [0.15, 0.2) is 42.9 Å². The number of anilines is 1. The van der Waals surface area contributed by atoms with Crippen molar-refractivity contribution in [2.75, 3.05) is 24.5 Å². The molecule has 1 aliphatic carbocycles. The molecular weight excluding hydrogens is 398 g/mol. The van der Waals surface area contributed by atoms with Crippen LogP contribution in [-0.4, -0.2) is 49.0 Å². The van der Waals surface area contributed by atoms with Gasteiger partial charge in [0.05, 0.1) is 17.1 Å². The second kappa shape index (κ2) is 7.96. The van der Waals surface area contributed by atoms with Gasteiger partial charge < -0.3 is 9.47 Å². The number of pyridine rings is 1. The van der Waals surface area contributed by atoms with Gasteiger partial charge in [0.2, 0.25) is 5.95 Å². The van der Waals surface area contributed by atoms with Crippen LogP contribution in [0.2, 0.25) is 0 Å². The predicted molar refractivity (Wildman–Crippen MR) is 123 cm³/mol. The molecule has 7 heteroatoms. The summed E-state index contributed by atoms with van der Waals surface area (Å²) in [6.45, 7) is 8.16. The van der Waals surface area contributed by atoms with Crippen LogP contribution in [-0.2, 0) is 25.0 Å². The Morgan fingerprint density at radius 1 is 1.00 bits per heavy atom. The molecule has 6 rings (SSSR count). The number of fused-ring (bicyclic) bond motifs is 2. The summed E-state index contributed by atoms with van der Waals surface area (Å²) in [5.41, 5.74) is 4.04. The van der Waals surface area contributed by atoms with Gasteiger partial charge in [-0.15, -0.1) is 0 Å². The zero-order valence-corrected chi connectivity index (χ0v) is 18.8. The molecule has 166 valence electrons. The molecule has 2 fully saturated rings. The molecule has 7 nitrogen and oxygen atoms in total. The Morgan fingerprint density at radius 3 is 2.50 bits per heavy atom. The number of hydrogen-bond donors (Lipinski definition) is 0. The summed E-state index contributed by atoms with van der Waals surface area (Å²) in [5.74, 6) is 2.88. The first-order valence-corrected chi connectivity index (χ1v) is 11.9. The van der Waals surface area contributed by atoms with Crippen molar-refractivity contribution in [3.63, 3.8) is 0 Å². The van der Waals surface area contributed by atoms with Gasteiger partial charge in [-0.05, 0) is 56.7 Å². The lowest BCUT2D eigenvalue weighted by atomic mass is 9.72. The van der Waals surface area contributed by atoms with E-state index in [0.29, 0.717) is 0 Å². The maximum Gasteiger partial charge on any atom is 0.225 e. The second-order valence-corrected chi connectivity index (χ2v) is 9.79. The third kappa shape index (κ3) is 3.68. The normalized spacial score (nSPS) is 20.5. The fourth-order valence-corrected chi connectivity index (χ4v) is 5.58. The molecule has 0 amide bonds. The summed E-state index contributed by atoms with van der Waals surface area (Å²) in [5, 5.41) is 0. The van der Waals surface area contributed by atoms with Crippen molar-refractivity contribution in [2.45, 2.75) is 57.7 Å². The smallest absolute Gasteiger partial charge is 0.225 e. The zero-order chi connectivity index (χ0) is 21.5. The lowest BCUT2D eigenvalue weighted by Crippen LogP contribution is -2.52. The van der Waals surface area contributed by atoms with E-state index < -0.39 is 0 Å². The Kier molecular flexibility index (Phi) is 4.94. The average molecular weight is 430 g/mol. The maximum absolute atomic E-state index is 5.22. The zero-order valence-electron chi connectivity index (χ0n) is 18.8. The molecule has 0 atom stereocenters. The summed E-state index contributed by atoms with van der Waals surface area (Å²) in [7, 11) is 0. The average Bonchev–Trinajstić information content (AvgIpc) is 3.59. The summed E-state index contributed by atoms with van der Waals surface area (Å²) in [6, 6.07) is 8.11. The topological polar surface area (TPSA) is 63.0 Å². The summed E-state index contributed by atoms with van der Waals surface area (Å²) in [4.78, 5) is 23.7. The van der Waals surface area contributed by atoms with E-state index in [9.17, 15) is 0 Å². The highest BCUT2D eigenvalue weighted by Gasteiger charge is 2.45. The molecule has 3 aromatic heterocycles. The second-order valence-electron chi connectivity index (χ2n) is 9.79. The van der Waals surface area contributed by atoms with Crippen LogP contribution in [0, 0.1) is 12.8 Å². The first-order chi connectivity index (χ1) is 15.7. The SMILES string of the molecule is Cc1nc2c(n1CC1CC1)CN(Cc1ccccn1)CC21CCN(c2ncccn2)CC1. The van der Waals surface area contributed by atoms with E-state index in [1.165, 1.54) is 30.1 Å². The van der Waals surface area contributed by atoms with Crippen molar-refractivity contribution in [3.8, 4) is 0 Å². The number of rotatable bonds is 5. The third-order valence-electron chi connectivity index (χ3n) is 7.47. The molecule has 0 aromatic carbocycles. The van der Waals surface area contributed by atoms with Gasteiger partial charge in [-0.2, -0.15) is 0 Å². The van der Waals surface area contributed by atoms with E-state index in [0.717, 1.165) is 69.7 Å². The predicted octanol–water partition coefficient (Wildman–Crippen LogP) is 3.34. The minimum atomic E-state index is 0.0905. The van der Waals surface area contributed by atoms with Gasteiger partial charge in [0.25, 0.3) is 0 Å². The number of hydrogen-bond acceptors (Lipinski definition) is 6. The number of nitrogens with zero attached hydrogens (tertiary/aromatic N) is 7. The molecule has 32 heavy (non-hydrogen) atoms. The molecule has 2 aliphatic heterocycles. The number of aryl methyl sites for hydroxylation is 1. The molecule has 1 spiro atoms. The fraction of sp³-hybridized carbons (Fsp3) is 0.520. The summed E-state index contributed by atoms with van der Waals surface area (Å²) < 4.78 is 2.53. The fourth-order valence-electron chi connectivity index (χ4n) is 5.58. The van der Waals surface area contributed by atoms with Crippen LogP contribution in [0.1, 0.15) is 48.6 Å². The molecule has 3 aromatic rings. The van der Waals surface area contributed by atoms with Crippen LogP contribution >= 0.6 is 0 Å². The third-order valence-corrected chi connectivity index (χ3v) is 7.47. The van der Waals surface area contributed by atoms with Gasteiger partial charge in [0, 0.05) is 63.3 Å². The Labute approximate surface area is 189 Å². The van der Waals surface area contributed by atoms with Gasteiger partial charge in [-0.25, -0.2) is 15.0 Å². The highest BCUT2D eigenvalue weighted by Crippen LogP contribution is 2.43. The van der Waals surface area contributed by atoms with Gasteiger partial charge >= 0.3 is 0 Å². The molecule has 0 radical (unpaired) electrons. The van der Waals surface area contributed by atoms with Crippen LogP contribution < -0.4 is 4.90 Å². The largest absolute Gasteiger partial charge is 0.341 e. The maximum atomic E-state index is 5.22. The van der Waals surface area contributed by atoms with Crippen molar-refractivity contribution >= 4 is 5.95 Å². The van der Waals surface area contributed by atoms with Crippen LogP contribution in [0.4, 0.5) is 5.95 Å². The van der Waals surface area contributed by atoms with E-state index in [-0.39, 0.29) is 5.41 Å². The van der Waals surface area contributed by atoms with Gasteiger partial charge in [-0.1, -0.05) is 6.07 Å². The van der Waals surface area contributed by atoms with Crippen molar-refractivity contribution < 1.29 is 0 Å². The van der Waals surface area contributed by atoms with Crippen molar-refractivity contribution in [1.82, 2.24) is 29.4 Å². The minimum absolute atomic E-state index is 0.0905. The van der Waals surface area contributed by atoms with Crippen LogP contribution in [0.5, 0.6) is 0 Å². The quantitative estimate of drug-likeness (QED) is 0.620. The highest BCUT2D eigenvalue weighted by atomic mass is 15.3. The van der Waals surface area contributed by atoms with Crippen molar-refractivity contribution in [3.05, 3.63) is 65.8 Å². The van der Waals surface area contributed by atoms with E-state index >= 15 is 0 Å². The van der Waals surface area contributed by atoms with Crippen LogP contribution in [0.25, 0.3) is 0 Å². The summed E-state index contributed by atoms with van der Waals surface area (Å²) in [6.07, 6.45) is 10.5. The molecule has 0 unspecified atom stereocenters. The summed E-state index contributed by atoms with van der Waals surface area (Å²) >= 11 is 0. The Hall–Kier alpha value is -2.80. The number of imidazole rings is 1. The standard InChI is InChI=1S/C25H31N7/c1-19-29-23-22(32(19)15-20-6-7-20)17-30(16-21-5-2-3-10-26-21)18-25(23)8-13-31(14-9-25)24-27-11-4-12-28-24/h2-5,10-12,20H,6-9,13-18H2,1H3. The molecule has 1 saturated carbocycles. The Balaban J connectivity index is 1.31. The molecule has 1 saturated heterocycles. The number of aromatic nitrogens is 5. The monoisotopic (exact) mass is 429 g/mol. The van der Waals surface area contributed by atoms with Crippen molar-refractivity contribution in [1.29, 1.82) is 0 Å². The lowest BCUT2D eigenvalue weighted by Gasteiger charge is -2.47. The molecule has 3 aliphatic rings. The van der Waals surface area contributed by atoms with Gasteiger partial charge in [-0.3, -0.25) is 9.88 Å². The first kappa shape index (κ1) is 19.9. The van der Waals surface area contributed by atoms with E-state index in [2.05, 4.69) is 48.4 Å². The van der Waals surface area contributed by atoms with Crippen molar-refractivity contribution in [2.24, 2.45) is 5.92 Å². The lowest BCUT2D eigenvalue weighted by molar-refractivity contribution is 0.137. The van der Waals surface area contributed by atoms with Gasteiger partial charge in [0.15, 0.2) is 0 Å². The van der Waals surface area contributed by atoms with Crippen LogP contribution in [0.3, 0.4) is 0 Å².